The Labute approximate surface area is 155 Å². The Bertz CT molecular complexity index is 1130. The van der Waals surface area contributed by atoms with Crippen LogP contribution in [-0.2, 0) is 4.74 Å². The van der Waals surface area contributed by atoms with Gasteiger partial charge < -0.3 is 14.3 Å². The van der Waals surface area contributed by atoms with Crippen molar-refractivity contribution >= 4 is 27.9 Å². The molecule has 2 aliphatic carbocycles. The van der Waals surface area contributed by atoms with Gasteiger partial charge in [0.25, 0.3) is 0 Å². The van der Waals surface area contributed by atoms with Gasteiger partial charge in [-0.25, -0.2) is 4.79 Å². The first-order valence-electron chi connectivity index (χ1n) is 9.37. The smallest absolute Gasteiger partial charge is 0.335 e. The van der Waals surface area contributed by atoms with Crippen molar-refractivity contribution in [2.45, 2.75) is 37.7 Å². The summed E-state index contributed by atoms with van der Waals surface area (Å²) in [5.41, 5.74) is 2.98. The van der Waals surface area contributed by atoms with Crippen LogP contribution in [0.4, 0.5) is 0 Å². The van der Waals surface area contributed by atoms with E-state index in [1.807, 2.05) is 6.07 Å². The first-order chi connectivity index (χ1) is 13.1. The number of ether oxygens (including phenoxy) is 1. The Morgan fingerprint density at radius 2 is 1.93 bits per heavy atom. The maximum absolute atomic E-state index is 13.2. The largest absolute Gasteiger partial charge is 0.478 e. The molecular weight excluding hydrogens is 344 g/mol. The third-order valence-corrected chi connectivity index (χ3v) is 5.73. The summed E-state index contributed by atoms with van der Waals surface area (Å²) in [4.78, 5) is 24.5. The Morgan fingerprint density at radius 3 is 2.56 bits per heavy atom. The summed E-state index contributed by atoms with van der Waals surface area (Å²) in [5, 5.41) is 10.1. The van der Waals surface area contributed by atoms with Gasteiger partial charge in [0.15, 0.2) is 0 Å². The molecule has 138 valence electrons. The first kappa shape index (κ1) is 16.5. The number of benzene rings is 2. The van der Waals surface area contributed by atoms with E-state index in [0.29, 0.717) is 33.8 Å². The number of carboxylic acid groups (broad SMARTS) is 1. The van der Waals surface area contributed by atoms with Gasteiger partial charge >= 0.3 is 5.97 Å². The summed E-state index contributed by atoms with van der Waals surface area (Å²) in [6.07, 6.45) is 4.42. The van der Waals surface area contributed by atoms with Gasteiger partial charge in [0.05, 0.1) is 22.4 Å². The molecule has 1 atom stereocenters. The van der Waals surface area contributed by atoms with Crippen molar-refractivity contribution in [3.63, 3.8) is 0 Å². The fraction of sp³-hybridized carbons (Fsp3) is 0.364. The van der Waals surface area contributed by atoms with Crippen LogP contribution in [0.3, 0.4) is 0 Å². The Hall–Kier alpha value is -2.66. The van der Waals surface area contributed by atoms with Gasteiger partial charge in [-0.05, 0) is 73.4 Å². The molecule has 5 heteroatoms. The molecule has 2 fully saturated rings. The van der Waals surface area contributed by atoms with Gasteiger partial charge in [-0.15, -0.1) is 0 Å². The van der Waals surface area contributed by atoms with Gasteiger partial charge in [0, 0.05) is 12.7 Å². The summed E-state index contributed by atoms with van der Waals surface area (Å²) in [6, 6.07) is 8.51. The third kappa shape index (κ3) is 2.73. The van der Waals surface area contributed by atoms with Crippen molar-refractivity contribution in [3.8, 4) is 0 Å². The van der Waals surface area contributed by atoms with Crippen LogP contribution in [-0.4, -0.2) is 18.2 Å². The lowest BCUT2D eigenvalue weighted by atomic mass is 9.96. The predicted molar refractivity (Wildman–Crippen MR) is 101 cm³/mol. The third-order valence-electron chi connectivity index (χ3n) is 5.73. The minimum Gasteiger partial charge on any atom is -0.478 e. The van der Waals surface area contributed by atoms with E-state index < -0.39 is 5.97 Å². The van der Waals surface area contributed by atoms with Crippen molar-refractivity contribution in [2.75, 3.05) is 7.11 Å². The second kappa shape index (κ2) is 5.92. The second-order valence-corrected chi connectivity index (χ2v) is 7.70. The van der Waals surface area contributed by atoms with Crippen molar-refractivity contribution in [3.05, 3.63) is 57.2 Å². The van der Waals surface area contributed by atoms with Crippen LogP contribution in [0, 0.1) is 5.92 Å². The van der Waals surface area contributed by atoms with E-state index in [0.717, 1.165) is 36.8 Å². The van der Waals surface area contributed by atoms with E-state index in [4.69, 9.17) is 9.15 Å². The molecule has 1 heterocycles. The molecule has 1 N–H and O–H groups in total. The molecule has 2 aromatic carbocycles. The summed E-state index contributed by atoms with van der Waals surface area (Å²) >= 11 is 0. The standard InChI is InChI=1S/C22H20O5/c1-26-20(12-4-5-12)17-10-14(11-2-3-11)9-16-19(23)15-8-13(22(24)25)6-7-18(15)27-21(16)17/h6-12,20H,2-5H2,1H3,(H,24,25). The number of carboxylic acids is 1. The lowest BCUT2D eigenvalue weighted by molar-refractivity contribution is 0.0697. The zero-order valence-electron chi connectivity index (χ0n) is 15.0. The number of hydrogen-bond acceptors (Lipinski definition) is 4. The van der Waals surface area contributed by atoms with Gasteiger partial charge in [0.1, 0.15) is 11.2 Å². The average molecular weight is 364 g/mol. The zero-order valence-corrected chi connectivity index (χ0v) is 15.0. The molecule has 27 heavy (non-hydrogen) atoms. The molecule has 1 unspecified atom stereocenters. The zero-order chi connectivity index (χ0) is 18.7. The van der Waals surface area contributed by atoms with Crippen LogP contribution in [0.5, 0.6) is 0 Å². The van der Waals surface area contributed by atoms with Crippen LogP contribution in [0.2, 0.25) is 0 Å². The highest BCUT2D eigenvalue weighted by Gasteiger charge is 2.35. The number of aromatic carboxylic acids is 1. The van der Waals surface area contributed by atoms with Crippen molar-refractivity contribution < 1.29 is 19.1 Å². The van der Waals surface area contributed by atoms with Gasteiger partial charge in [0.2, 0.25) is 5.43 Å². The Morgan fingerprint density at radius 1 is 1.15 bits per heavy atom. The quantitative estimate of drug-likeness (QED) is 0.669. The topological polar surface area (TPSA) is 76.7 Å². The van der Waals surface area contributed by atoms with E-state index in [9.17, 15) is 14.7 Å². The van der Waals surface area contributed by atoms with E-state index in [2.05, 4.69) is 6.07 Å². The predicted octanol–water partition coefficient (Wildman–Crippen LogP) is 4.62. The molecule has 0 amide bonds. The molecule has 0 spiro atoms. The monoisotopic (exact) mass is 364 g/mol. The molecule has 0 bridgehead atoms. The number of fused-ring (bicyclic) bond motifs is 2. The highest BCUT2D eigenvalue weighted by molar-refractivity contribution is 5.96. The van der Waals surface area contributed by atoms with E-state index in [1.54, 1.807) is 13.2 Å². The van der Waals surface area contributed by atoms with Gasteiger partial charge in [-0.2, -0.15) is 0 Å². The number of rotatable bonds is 5. The van der Waals surface area contributed by atoms with Crippen LogP contribution in [0.1, 0.15) is 59.2 Å². The molecule has 5 nitrogen and oxygen atoms in total. The SMILES string of the molecule is COC(c1cc(C2CC2)cc2c(=O)c3cc(C(=O)O)ccc3oc12)C1CC1. The molecule has 5 rings (SSSR count). The number of hydrogen-bond donors (Lipinski definition) is 1. The number of methoxy groups -OCH3 is 1. The second-order valence-electron chi connectivity index (χ2n) is 7.70. The summed E-state index contributed by atoms with van der Waals surface area (Å²) in [6.45, 7) is 0. The normalized spacial score (nSPS) is 18.1. The molecule has 1 aromatic heterocycles. The average Bonchev–Trinajstić information content (AvgIpc) is 3.55. The van der Waals surface area contributed by atoms with Crippen LogP contribution in [0.25, 0.3) is 21.9 Å². The fourth-order valence-corrected chi connectivity index (χ4v) is 3.98. The fourth-order valence-electron chi connectivity index (χ4n) is 3.98. The van der Waals surface area contributed by atoms with Crippen molar-refractivity contribution in [1.82, 2.24) is 0 Å². The van der Waals surface area contributed by atoms with Crippen LogP contribution >= 0.6 is 0 Å². The lowest BCUT2D eigenvalue weighted by Crippen LogP contribution is -2.10. The Balaban J connectivity index is 1.83. The summed E-state index contributed by atoms with van der Waals surface area (Å²) in [7, 11) is 1.71. The van der Waals surface area contributed by atoms with Crippen LogP contribution < -0.4 is 5.43 Å². The maximum Gasteiger partial charge on any atom is 0.335 e. The molecule has 0 aliphatic heterocycles. The van der Waals surface area contributed by atoms with Crippen LogP contribution in [0.15, 0.2) is 39.5 Å². The first-order valence-corrected chi connectivity index (χ1v) is 9.37. The molecule has 2 aliphatic rings. The molecule has 2 saturated carbocycles. The molecule has 0 radical (unpaired) electrons. The van der Waals surface area contributed by atoms with E-state index >= 15 is 0 Å². The molecule has 0 saturated heterocycles. The summed E-state index contributed by atoms with van der Waals surface area (Å²) in [5.74, 6) is -0.106. The minimum absolute atomic E-state index is 0.0786. The Kier molecular flexibility index (Phi) is 3.62. The summed E-state index contributed by atoms with van der Waals surface area (Å²) < 4.78 is 11.9. The van der Waals surface area contributed by atoms with Crippen molar-refractivity contribution in [2.24, 2.45) is 5.92 Å². The highest BCUT2D eigenvalue weighted by atomic mass is 16.5. The number of carbonyl (C=O) groups is 1. The molecule has 3 aromatic rings. The van der Waals surface area contributed by atoms with Crippen molar-refractivity contribution in [1.29, 1.82) is 0 Å². The van der Waals surface area contributed by atoms with Gasteiger partial charge in [-0.3, -0.25) is 4.79 Å². The molecular formula is C22H20O5. The highest BCUT2D eigenvalue weighted by Crippen LogP contribution is 2.47. The van der Waals surface area contributed by atoms with E-state index in [1.165, 1.54) is 12.1 Å². The lowest BCUT2D eigenvalue weighted by Gasteiger charge is -2.18. The van der Waals surface area contributed by atoms with Gasteiger partial charge in [-0.1, -0.05) is 0 Å². The van der Waals surface area contributed by atoms with E-state index in [-0.39, 0.29) is 17.1 Å². The maximum atomic E-state index is 13.2. The minimum atomic E-state index is -1.06.